The number of carbonyl (C=O) groups excluding carboxylic acids is 2. The quantitative estimate of drug-likeness (QED) is 0.628. The molecule has 0 fully saturated rings. The van der Waals surface area contributed by atoms with Gasteiger partial charge in [0.2, 0.25) is 0 Å². The Kier molecular flexibility index (Phi) is 4.99. The fourth-order valence-corrected chi connectivity index (χ4v) is 3.90. The zero-order valence-electron chi connectivity index (χ0n) is 15.9. The highest BCUT2D eigenvalue weighted by atomic mass is 35.5. The summed E-state index contributed by atoms with van der Waals surface area (Å²) in [5.74, 6) is -0.797. The highest BCUT2D eigenvalue weighted by Crippen LogP contribution is 2.43. The molecule has 0 saturated carbocycles. The zero-order valence-corrected chi connectivity index (χ0v) is 16.7. The Balaban J connectivity index is 1.69. The molecule has 1 N–H and O–H groups in total. The Morgan fingerprint density at radius 3 is 2.38 bits per heavy atom. The number of carbonyl (C=O) groups is 2. The molecule has 146 valence electrons. The number of para-hydroxylation sites is 1. The lowest BCUT2D eigenvalue weighted by atomic mass is 9.88. The van der Waals surface area contributed by atoms with Crippen LogP contribution < -0.4 is 4.90 Å². The lowest BCUT2D eigenvalue weighted by Gasteiger charge is -2.23. The van der Waals surface area contributed by atoms with Crippen LogP contribution >= 0.6 is 11.6 Å². The van der Waals surface area contributed by atoms with Crippen LogP contribution in [0.2, 0.25) is 5.02 Å². The van der Waals surface area contributed by atoms with E-state index in [2.05, 4.69) is 0 Å². The maximum absolute atomic E-state index is 13.3. The van der Waals surface area contributed by atoms with Crippen molar-refractivity contribution < 1.29 is 14.7 Å². The Morgan fingerprint density at radius 2 is 1.66 bits per heavy atom. The molecular formula is C24H20ClNO3. The number of hydrogen-bond acceptors (Lipinski definition) is 3. The third-order valence-corrected chi connectivity index (χ3v) is 5.68. The number of halogens is 1. The summed E-state index contributed by atoms with van der Waals surface area (Å²) in [6.45, 7) is 2.15. The summed E-state index contributed by atoms with van der Waals surface area (Å²) in [6.07, 6.45) is -0.315. The van der Waals surface area contributed by atoms with E-state index in [1.807, 2.05) is 37.3 Å². The van der Waals surface area contributed by atoms with E-state index in [1.54, 1.807) is 42.5 Å². The fourth-order valence-electron chi connectivity index (χ4n) is 3.71. The van der Waals surface area contributed by atoms with Crippen molar-refractivity contribution in [1.82, 2.24) is 0 Å². The molecule has 1 aliphatic rings. The van der Waals surface area contributed by atoms with Crippen LogP contribution in [0.15, 0.2) is 72.8 Å². The smallest absolute Gasteiger partial charge is 0.264 e. The number of aryl methyl sites for hydroxylation is 1. The number of Topliss-reactive ketones (excluding diaryl/α,β-unsaturated/α-hetero) is 1. The molecule has 3 aromatic carbocycles. The molecule has 0 unspecified atom stereocenters. The Morgan fingerprint density at radius 1 is 1.00 bits per heavy atom. The van der Waals surface area contributed by atoms with Gasteiger partial charge in [-0.05, 0) is 24.6 Å². The molecule has 3 aromatic rings. The Labute approximate surface area is 174 Å². The van der Waals surface area contributed by atoms with Crippen LogP contribution in [0.4, 0.5) is 5.69 Å². The molecule has 0 spiro atoms. The minimum absolute atomic E-state index is 0.219. The summed E-state index contributed by atoms with van der Waals surface area (Å²) in [7, 11) is 0. The molecule has 29 heavy (non-hydrogen) atoms. The van der Waals surface area contributed by atoms with Crippen LogP contribution in [0.25, 0.3) is 0 Å². The highest BCUT2D eigenvalue weighted by Gasteiger charge is 2.50. The van der Waals surface area contributed by atoms with Crippen LogP contribution in [0.5, 0.6) is 0 Å². The molecule has 0 radical (unpaired) electrons. The number of fused-ring (bicyclic) bond motifs is 1. The van der Waals surface area contributed by atoms with E-state index >= 15 is 0 Å². The topological polar surface area (TPSA) is 57.6 Å². The average molecular weight is 406 g/mol. The van der Waals surface area contributed by atoms with Gasteiger partial charge in [0, 0.05) is 16.1 Å². The number of amides is 1. The molecule has 0 bridgehead atoms. The summed E-state index contributed by atoms with van der Waals surface area (Å²) in [4.78, 5) is 27.6. The van der Waals surface area contributed by atoms with Crippen molar-refractivity contribution in [3.8, 4) is 0 Å². The molecule has 1 amide bonds. The monoisotopic (exact) mass is 405 g/mol. The van der Waals surface area contributed by atoms with Crippen LogP contribution in [-0.2, 0) is 16.9 Å². The Bertz CT molecular complexity index is 1090. The van der Waals surface area contributed by atoms with E-state index < -0.39 is 11.5 Å². The molecule has 4 nitrogen and oxygen atoms in total. The first-order valence-electron chi connectivity index (χ1n) is 9.37. The third kappa shape index (κ3) is 3.46. The van der Waals surface area contributed by atoms with Crippen molar-refractivity contribution in [2.24, 2.45) is 0 Å². The minimum Gasteiger partial charge on any atom is -0.375 e. The molecule has 5 heteroatoms. The first kappa shape index (κ1) is 19.4. The highest BCUT2D eigenvalue weighted by molar-refractivity contribution is 6.31. The third-order valence-electron chi connectivity index (χ3n) is 5.32. The second kappa shape index (κ2) is 7.47. The van der Waals surface area contributed by atoms with E-state index in [-0.39, 0.29) is 18.7 Å². The van der Waals surface area contributed by atoms with Gasteiger partial charge in [0.05, 0.1) is 18.7 Å². The van der Waals surface area contributed by atoms with E-state index in [0.717, 1.165) is 11.1 Å². The molecule has 4 rings (SSSR count). The number of nitrogens with zero attached hydrogens (tertiary/aromatic N) is 1. The maximum Gasteiger partial charge on any atom is 0.264 e. The molecule has 1 aliphatic heterocycles. The van der Waals surface area contributed by atoms with E-state index in [1.165, 1.54) is 4.90 Å². The first-order valence-corrected chi connectivity index (χ1v) is 9.75. The number of aliphatic hydroxyl groups is 1. The zero-order chi connectivity index (χ0) is 20.6. The van der Waals surface area contributed by atoms with E-state index in [9.17, 15) is 14.7 Å². The van der Waals surface area contributed by atoms with Crippen LogP contribution in [0.3, 0.4) is 0 Å². The lowest BCUT2D eigenvalue weighted by Crippen LogP contribution is -2.41. The van der Waals surface area contributed by atoms with Gasteiger partial charge < -0.3 is 10.0 Å². The van der Waals surface area contributed by atoms with E-state index in [0.29, 0.717) is 21.8 Å². The van der Waals surface area contributed by atoms with Gasteiger partial charge in [0.1, 0.15) is 0 Å². The van der Waals surface area contributed by atoms with Crippen LogP contribution in [0.1, 0.15) is 33.5 Å². The van der Waals surface area contributed by atoms with Gasteiger partial charge in [-0.2, -0.15) is 0 Å². The lowest BCUT2D eigenvalue weighted by molar-refractivity contribution is -0.136. The van der Waals surface area contributed by atoms with Crippen molar-refractivity contribution in [3.63, 3.8) is 0 Å². The van der Waals surface area contributed by atoms with Crippen molar-refractivity contribution in [2.75, 3.05) is 4.90 Å². The summed E-state index contributed by atoms with van der Waals surface area (Å²) in [5, 5.41) is 11.9. The van der Waals surface area contributed by atoms with Gasteiger partial charge in [-0.3, -0.25) is 9.59 Å². The maximum atomic E-state index is 13.3. The fraction of sp³-hybridized carbons (Fsp3) is 0.167. The number of ketones is 1. The van der Waals surface area contributed by atoms with Crippen molar-refractivity contribution in [1.29, 1.82) is 0 Å². The number of anilines is 1. The normalized spacial score (nSPS) is 18.0. The predicted molar refractivity (Wildman–Crippen MR) is 113 cm³/mol. The standard InChI is InChI=1S/C24H20ClNO3/c1-16-10-12-17(13-11-16)22(27)14-24(29)19-7-3-5-9-21(19)26(23(24)28)15-18-6-2-4-8-20(18)25/h2-13,29H,14-15H2,1H3/t24-/m1/s1. The molecule has 0 saturated heterocycles. The number of hydrogen-bond donors (Lipinski definition) is 1. The van der Waals surface area contributed by atoms with Gasteiger partial charge in [-0.15, -0.1) is 0 Å². The van der Waals surface area contributed by atoms with Crippen LogP contribution in [-0.4, -0.2) is 16.8 Å². The average Bonchev–Trinajstić information content (AvgIpc) is 2.92. The molecule has 1 heterocycles. The summed E-state index contributed by atoms with van der Waals surface area (Å²) in [6, 6.07) is 21.4. The number of benzene rings is 3. The molecular weight excluding hydrogens is 386 g/mol. The molecule has 0 aliphatic carbocycles. The van der Waals surface area contributed by atoms with Gasteiger partial charge in [-0.25, -0.2) is 0 Å². The summed E-state index contributed by atoms with van der Waals surface area (Å²) < 4.78 is 0. The van der Waals surface area contributed by atoms with E-state index in [4.69, 9.17) is 11.6 Å². The van der Waals surface area contributed by atoms with Crippen molar-refractivity contribution in [2.45, 2.75) is 25.5 Å². The number of rotatable bonds is 5. The SMILES string of the molecule is Cc1ccc(C(=O)C[C@]2(O)C(=O)N(Cc3ccccc3Cl)c3ccccc32)cc1. The Hall–Kier alpha value is -2.95. The first-order chi connectivity index (χ1) is 13.9. The minimum atomic E-state index is -1.90. The van der Waals surface area contributed by atoms with Crippen molar-refractivity contribution in [3.05, 3.63) is 100 Å². The van der Waals surface area contributed by atoms with Crippen molar-refractivity contribution >= 4 is 29.0 Å². The summed E-state index contributed by atoms with van der Waals surface area (Å²) in [5.41, 5.74) is 1.41. The van der Waals surface area contributed by atoms with Gasteiger partial charge in [0.15, 0.2) is 11.4 Å². The summed E-state index contributed by atoms with van der Waals surface area (Å²) >= 11 is 6.27. The van der Waals surface area contributed by atoms with Gasteiger partial charge in [-0.1, -0.05) is 77.8 Å². The van der Waals surface area contributed by atoms with Gasteiger partial charge in [0.25, 0.3) is 5.91 Å². The second-order valence-electron chi connectivity index (χ2n) is 7.33. The molecule has 0 aromatic heterocycles. The second-order valence-corrected chi connectivity index (χ2v) is 7.73. The van der Waals surface area contributed by atoms with Crippen LogP contribution in [0, 0.1) is 6.92 Å². The van der Waals surface area contributed by atoms with Gasteiger partial charge >= 0.3 is 0 Å². The largest absolute Gasteiger partial charge is 0.375 e. The predicted octanol–water partition coefficient (Wildman–Crippen LogP) is 4.66. The molecule has 1 atom stereocenters.